The zero-order valence-electron chi connectivity index (χ0n) is 11.3. The number of hydrogen-bond acceptors (Lipinski definition) is 4. The number of aliphatic hydroxyl groups excluding tert-OH is 1. The van der Waals surface area contributed by atoms with Gasteiger partial charge in [-0.25, -0.2) is 4.98 Å². The van der Waals surface area contributed by atoms with Crippen LogP contribution in [0, 0.1) is 0 Å². The van der Waals surface area contributed by atoms with Crippen molar-refractivity contribution in [1.82, 2.24) is 20.1 Å². The summed E-state index contributed by atoms with van der Waals surface area (Å²) in [6.07, 6.45) is -3.70. The van der Waals surface area contributed by atoms with Gasteiger partial charge in [-0.2, -0.15) is 18.3 Å². The largest absolute Gasteiger partial charge is 0.416 e. The van der Waals surface area contributed by atoms with Gasteiger partial charge in [0.25, 0.3) is 0 Å². The molecule has 0 aliphatic heterocycles. The lowest BCUT2D eigenvalue weighted by atomic mass is 10.1. The molecule has 114 valence electrons. The quantitative estimate of drug-likeness (QED) is 0.881. The lowest BCUT2D eigenvalue weighted by Crippen LogP contribution is -2.22. The van der Waals surface area contributed by atoms with Crippen LogP contribution in [0.25, 0.3) is 0 Å². The summed E-state index contributed by atoms with van der Waals surface area (Å²) in [4.78, 5) is 4.01. The Balaban J connectivity index is 1.87. The third-order valence-electron chi connectivity index (χ3n) is 2.89. The van der Waals surface area contributed by atoms with Crippen molar-refractivity contribution in [3.05, 3.63) is 47.5 Å². The monoisotopic (exact) mass is 300 g/mol. The van der Waals surface area contributed by atoms with E-state index in [0.717, 1.165) is 12.1 Å². The Hall–Kier alpha value is -1.93. The van der Waals surface area contributed by atoms with Crippen LogP contribution in [-0.2, 0) is 19.8 Å². The second kappa shape index (κ2) is 6.23. The van der Waals surface area contributed by atoms with Gasteiger partial charge in [0.05, 0.1) is 18.2 Å². The molecule has 1 atom stereocenters. The number of alkyl halides is 3. The third kappa shape index (κ3) is 4.27. The van der Waals surface area contributed by atoms with Crippen LogP contribution in [0.15, 0.2) is 30.6 Å². The molecule has 8 heteroatoms. The van der Waals surface area contributed by atoms with Gasteiger partial charge in [-0.05, 0) is 17.7 Å². The fourth-order valence-corrected chi connectivity index (χ4v) is 1.80. The van der Waals surface area contributed by atoms with Gasteiger partial charge in [0.2, 0.25) is 0 Å². The fraction of sp³-hybridized carbons (Fsp3) is 0.385. The van der Waals surface area contributed by atoms with Crippen molar-refractivity contribution < 1.29 is 18.3 Å². The topological polar surface area (TPSA) is 63.0 Å². The molecule has 0 spiro atoms. The van der Waals surface area contributed by atoms with E-state index in [1.165, 1.54) is 12.1 Å². The maximum absolute atomic E-state index is 12.4. The van der Waals surface area contributed by atoms with E-state index in [1.807, 2.05) is 0 Å². The maximum Gasteiger partial charge on any atom is 0.416 e. The highest BCUT2D eigenvalue weighted by molar-refractivity contribution is 5.26. The smallest absolute Gasteiger partial charge is 0.387 e. The molecule has 0 fully saturated rings. The van der Waals surface area contributed by atoms with Crippen molar-refractivity contribution >= 4 is 0 Å². The summed E-state index contributed by atoms with van der Waals surface area (Å²) in [5.74, 6) is 0.581. The van der Waals surface area contributed by atoms with Crippen LogP contribution < -0.4 is 5.32 Å². The highest BCUT2D eigenvalue weighted by atomic mass is 19.4. The molecule has 1 aromatic carbocycles. The summed E-state index contributed by atoms with van der Waals surface area (Å²) in [7, 11) is 1.74. The van der Waals surface area contributed by atoms with Crippen molar-refractivity contribution in [2.75, 3.05) is 6.54 Å². The van der Waals surface area contributed by atoms with Crippen LogP contribution >= 0.6 is 0 Å². The number of rotatable bonds is 5. The molecule has 2 aromatic rings. The second-order valence-electron chi connectivity index (χ2n) is 4.60. The molecular formula is C13H15F3N4O. The standard InChI is InChI=1S/C13H15F3N4O/c1-20-8-18-12(19-20)7-17-6-11(21)9-2-4-10(5-3-9)13(14,15)16/h2-5,8,11,17,21H,6-7H2,1H3. The highest BCUT2D eigenvalue weighted by Crippen LogP contribution is 2.29. The van der Waals surface area contributed by atoms with Crippen molar-refractivity contribution in [3.8, 4) is 0 Å². The average molecular weight is 300 g/mol. The minimum atomic E-state index is -4.37. The third-order valence-corrected chi connectivity index (χ3v) is 2.89. The molecule has 21 heavy (non-hydrogen) atoms. The molecule has 1 aromatic heterocycles. The number of nitrogens with zero attached hydrogens (tertiary/aromatic N) is 3. The predicted octanol–water partition coefficient (Wildman–Crippen LogP) is 1.66. The first-order valence-electron chi connectivity index (χ1n) is 6.26. The number of halogens is 3. The highest BCUT2D eigenvalue weighted by Gasteiger charge is 2.30. The van der Waals surface area contributed by atoms with Gasteiger partial charge in [0, 0.05) is 13.6 Å². The molecule has 2 rings (SSSR count). The lowest BCUT2D eigenvalue weighted by molar-refractivity contribution is -0.137. The number of nitrogens with one attached hydrogen (secondary N) is 1. The fourth-order valence-electron chi connectivity index (χ4n) is 1.80. The first-order valence-corrected chi connectivity index (χ1v) is 6.26. The first kappa shape index (κ1) is 15.5. The summed E-state index contributed by atoms with van der Waals surface area (Å²) in [5, 5.41) is 16.9. The van der Waals surface area contributed by atoms with E-state index in [4.69, 9.17) is 0 Å². The molecular weight excluding hydrogens is 285 g/mol. The summed E-state index contributed by atoms with van der Waals surface area (Å²) >= 11 is 0. The van der Waals surface area contributed by atoms with Gasteiger partial charge >= 0.3 is 6.18 Å². The summed E-state index contributed by atoms with van der Waals surface area (Å²) in [5.41, 5.74) is -0.312. The van der Waals surface area contributed by atoms with E-state index < -0.39 is 17.8 Å². The molecule has 1 heterocycles. The SMILES string of the molecule is Cn1cnc(CNCC(O)c2ccc(C(F)(F)F)cc2)n1. The number of aliphatic hydroxyl groups is 1. The number of benzene rings is 1. The number of aryl methyl sites for hydroxylation is 1. The van der Waals surface area contributed by atoms with Gasteiger partial charge in [0.1, 0.15) is 6.33 Å². The summed E-state index contributed by atoms with van der Waals surface area (Å²) < 4.78 is 38.8. The van der Waals surface area contributed by atoms with Crippen molar-refractivity contribution in [2.45, 2.75) is 18.8 Å². The van der Waals surface area contributed by atoms with Gasteiger partial charge in [-0.3, -0.25) is 4.68 Å². The molecule has 0 radical (unpaired) electrons. The van der Waals surface area contributed by atoms with E-state index in [2.05, 4.69) is 15.4 Å². The second-order valence-corrected chi connectivity index (χ2v) is 4.60. The van der Waals surface area contributed by atoms with E-state index in [0.29, 0.717) is 17.9 Å². The summed E-state index contributed by atoms with van der Waals surface area (Å²) in [6.45, 7) is 0.572. The summed E-state index contributed by atoms with van der Waals surface area (Å²) in [6, 6.07) is 4.46. The molecule has 2 N–H and O–H groups in total. The Morgan fingerprint density at radius 2 is 1.95 bits per heavy atom. The van der Waals surface area contributed by atoms with Crippen LogP contribution in [-0.4, -0.2) is 26.4 Å². The van der Waals surface area contributed by atoms with E-state index in [-0.39, 0.29) is 6.54 Å². The molecule has 0 saturated heterocycles. The molecule has 0 amide bonds. The normalized spacial score (nSPS) is 13.4. The number of aromatic nitrogens is 3. The van der Waals surface area contributed by atoms with E-state index in [9.17, 15) is 18.3 Å². The molecule has 1 unspecified atom stereocenters. The van der Waals surface area contributed by atoms with Gasteiger partial charge in [0.15, 0.2) is 5.82 Å². The van der Waals surface area contributed by atoms with Crippen molar-refractivity contribution in [2.24, 2.45) is 7.05 Å². The average Bonchev–Trinajstić information content (AvgIpc) is 2.83. The van der Waals surface area contributed by atoms with Gasteiger partial charge in [-0.1, -0.05) is 12.1 Å². The van der Waals surface area contributed by atoms with E-state index in [1.54, 1.807) is 18.1 Å². The van der Waals surface area contributed by atoms with Crippen LogP contribution in [0.4, 0.5) is 13.2 Å². The first-order chi connectivity index (χ1) is 9.86. The Labute approximate surface area is 119 Å². The predicted molar refractivity (Wildman–Crippen MR) is 69.1 cm³/mol. The molecule has 0 saturated carbocycles. The molecule has 0 aliphatic rings. The Kier molecular flexibility index (Phi) is 4.59. The minimum absolute atomic E-state index is 0.198. The number of hydrogen-bond donors (Lipinski definition) is 2. The van der Waals surface area contributed by atoms with Crippen LogP contribution in [0.2, 0.25) is 0 Å². The zero-order chi connectivity index (χ0) is 15.5. The minimum Gasteiger partial charge on any atom is -0.387 e. The molecule has 0 aliphatic carbocycles. The van der Waals surface area contributed by atoms with E-state index >= 15 is 0 Å². The van der Waals surface area contributed by atoms with Crippen LogP contribution in [0.1, 0.15) is 23.1 Å². The van der Waals surface area contributed by atoms with Crippen LogP contribution in [0.3, 0.4) is 0 Å². The Bertz CT molecular complexity index is 580. The van der Waals surface area contributed by atoms with Gasteiger partial charge < -0.3 is 10.4 Å². The molecule has 5 nitrogen and oxygen atoms in total. The Morgan fingerprint density at radius 1 is 1.29 bits per heavy atom. The Morgan fingerprint density at radius 3 is 2.48 bits per heavy atom. The maximum atomic E-state index is 12.4. The van der Waals surface area contributed by atoms with Crippen molar-refractivity contribution in [1.29, 1.82) is 0 Å². The van der Waals surface area contributed by atoms with Gasteiger partial charge in [-0.15, -0.1) is 0 Å². The van der Waals surface area contributed by atoms with Crippen molar-refractivity contribution in [3.63, 3.8) is 0 Å². The lowest BCUT2D eigenvalue weighted by Gasteiger charge is -2.13. The zero-order valence-corrected chi connectivity index (χ0v) is 11.3. The molecule has 0 bridgehead atoms. The van der Waals surface area contributed by atoms with Crippen LogP contribution in [0.5, 0.6) is 0 Å².